The molecule has 2 heterocycles. The average molecular weight is 287 g/mol. The van der Waals surface area contributed by atoms with E-state index >= 15 is 0 Å². The lowest BCUT2D eigenvalue weighted by Gasteiger charge is -2.22. The highest BCUT2D eigenvalue weighted by Crippen LogP contribution is 2.44. The molecule has 0 saturated carbocycles. The third-order valence-electron chi connectivity index (χ3n) is 2.42. The molecule has 1 aliphatic rings. The van der Waals surface area contributed by atoms with E-state index in [0.29, 0.717) is 22.9 Å². The Morgan fingerprint density at radius 3 is 2.61 bits per heavy atom. The Hall–Kier alpha value is -1.85. The molecule has 0 radical (unpaired) electrons. The molecule has 5 N–H and O–H groups in total. The number of rotatable bonds is 0. The summed E-state index contributed by atoms with van der Waals surface area (Å²) in [7, 11) is 0. The van der Waals surface area contributed by atoms with E-state index in [9.17, 15) is 0 Å². The summed E-state index contributed by atoms with van der Waals surface area (Å²) in [6, 6.07) is 5.40. The van der Waals surface area contributed by atoms with E-state index in [2.05, 4.69) is 10.3 Å². The van der Waals surface area contributed by atoms with Crippen molar-refractivity contribution in [3.05, 3.63) is 30.6 Å². The van der Waals surface area contributed by atoms with Gasteiger partial charge in [-0.05, 0) is 18.2 Å². The normalized spacial score (nSPS) is 10.7. The van der Waals surface area contributed by atoms with Crippen molar-refractivity contribution in [1.82, 2.24) is 4.98 Å². The summed E-state index contributed by atoms with van der Waals surface area (Å²) in [6.07, 6.45) is 3.20. The molecule has 0 bridgehead atoms. The van der Waals surface area contributed by atoms with Gasteiger partial charge < -0.3 is 21.5 Å². The van der Waals surface area contributed by atoms with Crippen molar-refractivity contribution in [2.45, 2.75) is 0 Å². The molecule has 96 valence electrons. The quantitative estimate of drug-likeness (QED) is 0.553. The molecule has 18 heavy (non-hydrogen) atoms. The van der Waals surface area contributed by atoms with Crippen molar-refractivity contribution in [2.24, 2.45) is 0 Å². The molecule has 0 spiro atoms. The molecule has 1 aromatic heterocycles. The number of anilines is 4. The van der Waals surface area contributed by atoms with Gasteiger partial charge in [0, 0.05) is 5.69 Å². The summed E-state index contributed by atoms with van der Waals surface area (Å²) >= 11 is 0. The summed E-state index contributed by atoms with van der Waals surface area (Å²) < 4.78 is 5.65. The molecule has 3 rings (SSSR count). The maximum absolute atomic E-state index is 5.80. The first kappa shape index (κ1) is 14.2. The maximum Gasteiger partial charge on any atom is 0.171 e. The number of halogens is 2. The Morgan fingerprint density at radius 1 is 1.06 bits per heavy atom. The fraction of sp³-hybridized carbons (Fsp3) is 0. The van der Waals surface area contributed by atoms with Gasteiger partial charge >= 0.3 is 0 Å². The number of benzene rings is 1. The molecule has 2 aromatic rings. The summed E-state index contributed by atoms with van der Waals surface area (Å²) in [5.41, 5.74) is 14.3. The van der Waals surface area contributed by atoms with Crippen molar-refractivity contribution in [1.29, 1.82) is 0 Å². The molecular formula is C11H12Cl2N4O. The molecular weight excluding hydrogens is 275 g/mol. The molecule has 0 unspecified atom stereocenters. The number of pyridine rings is 1. The van der Waals surface area contributed by atoms with Crippen LogP contribution in [-0.4, -0.2) is 4.98 Å². The number of hydrogen-bond acceptors (Lipinski definition) is 5. The highest BCUT2D eigenvalue weighted by Gasteiger charge is 2.18. The second kappa shape index (κ2) is 5.20. The number of nitrogen functional groups attached to an aromatic ring is 2. The first-order valence-electron chi connectivity index (χ1n) is 4.82. The summed E-state index contributed by atoms with van der Waals surface area (Å²) in [5, 5.41) is 3.18. The molecule has 1 aromatic carbocycles. The number of fused-ring (bicyclic) bond motifs is 2. The maximum atomic E-state index is 5.80. The van der Waals surface area contributed by atoms with Gasteiger partial charge in [0.1, 0.15) is 5.69 Å². The smallest absolute Gasteiger partial charge is 0.171 e. The van der Waals surface area contributed by atoms with E-state index < -0.39 is 0 Å². The Morgan fingerprint density at radius 2 is 1.83 bits per heavy atom. The number of nitrogens with two attached hydrogens (primary N) is 2. The van der Waals surface area contributed by atoms with Crippen molar-refractivity contribution in [3.63, 3.8) is 0 Å². The SMILES string of the molecule is Cl.Cl.Nc1ccc2c(c1)Nc1c(N)cncc1O2. The number of nitrogens with one attached hydrogen (secondary N) is 1. The van der Waals surface area contributed by atoms with Gasteiger partial charge in [-0.15, -0.1) is 24.8 Å². The van der Waals surface area contributed by atoms with Crippen LogP contribution in [0.5, 0.6) is 11.5 Å². The molecule has 1 aliphatic heterocycles. The molecule has 0 fully saturated rings. The van der Waals surface area contributed by atoms with Crippen LogP contribution in [0.15, 0.2) is 30.6 Å². The second-order valence-corrected chi connectivity index (χ2v) is 3.58. The van der Waals surface area contributed by atoms with Crippen LogP contribution < -0.4 is 21.5 Å². The number of aromatic nitrogens is 1. The molecule has 0 saturated heterocycles. The van der Waals surface area contributed by atoms with Gasteiger partial charge in [-0.25, -0.2) is 0 Å². The highest BCUT2D eigenvalue weighted by atomic mass is 35.5. The average Bonchev–Trinajstić information content (AvgIpc) is 2.28. The van der Waals surface area contributed by atoms with Crippen molar-refractivity contribution in [2.75, 3.05) is 16.8 Å². The molecule has 0 atom stereocenters. The lowest BCUT2D eigenvalue weighted by Crippen LogP contribution is -2.06. The zero-order chi connectivity index (χ0) is 11.1. The van der Waals surface area contributed by atoms with Crippen LogP contribution in [0, 0.1) is 0 Å². The van der Waals surface area contributed by atoms with E-state index in [1.165, 1.54) is 0 Å². The molecule has 0 aliphatic carbocycles. The van der Waals surface area contributed by atoms with E-state index in [1.54, 1.807) is 24.5 Å². The van der Waals surface area contributed by atoms with E-state index in [4.69, 9.17) is 16.2 Å². The lowest BCUT2D eigenvalue weighted by atomic mass is 10.2. The first-order chi connectivity index (χ1) is 7.74. The lowest BCUT2D eigenvalue weighted by molar-refractivity contribution is 0.479. The number of nitrogens with zero attached hydrogens (tertiary/aromatic N) is 1. The third-order valence-corrected chi connectivity index (χ3v) is 2.42. The van der Waals surface area contributed by atoms with Gasteiger partial charge in [-0.2, -0.15) is 0 Å². The van der Waals surface area contributed by atoms with Gasteiger partial charge in [0.25, 0.3) is 0 Å². The summed E-state index contributed by atoms with van der Waals surface area (Å²) in [4.78, 5) is 3.97. The van der Waals surface area contributed by atoms with Gasteiger partial charge in [0.05, 0.1) is 23.8 Å². The van der Waals surface area contributed by atoms with Gasteiger partial charge in [0.15, 0.2) is 11.5 Å². The first-order valence-corrected chi connectivity index (χ1v) is 4.82. The van der Waals surface area contributed by atoms with Gasteiger partial charge in [-0.3, -0.25) is 4.98 Å². The fourth-order valence-corrected chi connectivity index (χ4v) is 1.66. The summed E-state index contributed by atoms with van der Waals surface area (Å²) in [5.74, 6) is 1.34. The van der Waals surface area contributed by atoms with Crippen LogP contribution >= 0.6 is 24.8 Å². The van der Waals surface area contributed by atoms with Crippen molar-refractivity contribution in [3.8, 4) is 11.5 Å². The number of hydrogen-bond donors (Lipinski definition) is 3. The van der Waals surface area contributed by atoms with Crippen molar-refractivity contribution < 1.29 is 4.74 Å². The largest absolute Gasteiger partial charge is 0.451 e. The van der Waals surface area contributed by atoms with E-state index in [1.807, 2.05) is 6.07 Å². The molecule has 7 heteroatoms. The van der Waals surface area contributed by atoms with Crippen LogP contribution in [-0.2, 0) is 0 Å². The molecule has 5 nitrogen and oxygen atoms in total. The number of ether oxygens (including phenoxy) is 1. The minimum absolute atomic E-state index is 0. The van der Waals surface area contributed by atoms with Gasteiger partial charge in [0.2, 0.25) is 0 Å². The zero-order valence-electron chi connectivity index (χ0n) is 9.21. The fourth-order valence-electron chi connectivity index (χ4n) is 1.66. The van der Waals surface area contributed by atoms with Crippen LogP contribution in [0.4, 0.5) is 22.7 Å². The van der Waals surface area contributed by atoms with Crippen LogP contribution in [0.25, 0.3) is 0 Å². The Labute approximate surface area is 116 Å². The van der Waals surface area contributed by atoms with Crippen LogP contribution in [0.2, 0.25) is 0 Å². The monoisotopic (exact) mass is 286 g/mol. The van der Waals surface area contributed by atoms with Crippen LogP contribution in [0.3, 0.4) is 0 Å². The predicted octanol–water partition coefficient (Wildman–Crippen LogP) is 2.94. The van der Waals surface area contributed by atoms with Crippen LogP contribution in [0.1, 0.15) is 0 Å². The highest BCUT2D eigenvalue weighted by molar-refractivity contribution is 5.86. The Bertz CT molecular complexity index is 577. The Kier molecular flexibility index (Phi) is 4.11. The minimum Gasteiger partial charge on any atom is -0.451 e. The standard InChI is InChI=1S/C11H10N4O.2ClH/c12-6-1-2-9-8(3-6)15-11-7(13)4-14-5-10(11)16-9;;/h1-5,15H,12-13H2;2*1H. The third kappa shape index (κ3) is 2.23. The molecule has 0 amide bonds. The predicted molar refractivity (Wildman–Crippen MR) is 77.4 cm³/mol. The minimum atomic E-state index is 0. The summed E-state index contributed by atoms with van der Waals surface area (Å²) in [6.45, 7) is 0. The topological polar surface area (TPSA) is 86.2 Å². The second-order valence-electron chi connectivity index (χ2n) is 3.58. The van der Waals surface area contributed by atoms with E-state index in [-0.39, 0.29) is 24.8 Å². The zero-order valence-corrected chi connectivity index (χ0v) is 10.8. The Balaban J connectivity index is 0.000000810. The van der Waals surface area contributed by atoms with E-state index in [0.717, 1.165) is 11.4 Å². The van der Waals surface area contributed by atoms with Crippen molar-refractivity contribution >= 4 is 47.6 Å². The van der Waals surface area contributed by atoms with Gasteiger partial charge in [-0.1, -0.05) is 0 Å².